The molecule has 0 amide bonds. The van der Waals surface area contributed by atoms with Gasteiger partial charge >= 0.3 is 0 Å². The van der Waals surface area contributed by atoms with Crippen molar-refractivity contribution in [3.05, 3.63) is 50.6 Å². The summed E-state index contributed by atoms with van der Waals surface area (Å²) in [4.78, 5) is 0. The normalized spacial score (nSPS) is 10.4. The summed E-state index contributed by atoms with van der Waals surface area (Å²) in [5, 5.41) is 8.45. The van der Waals surface area contributed by atoms with E-state index in [1.165, 1.54) is 0 Å². The van der Waals surface area contributed by atoms with E-state index < -0.39 is 0 Å². The van der Waals surface area contributed by atoms with E-state index in [1.807, 2.05) is 43.3 Å². The van der Waals surface area contributed by atoms with Crippen molar-refractivity contribution in [3.63, 3.8) is 0 Å². The summed E-state index contributed by atoms with van der Waals surface area (Å²) in [5.74, 6) is 0. The van der Waals surface area contributed by atoms with Gasteiger partial charge in [0.05, 0.1) is 13.1 Å². The van der Waals surface area contributed by atoms with E-state index in [4.69, 9.17) is 0 Å². The maximum absolute atomic E-state index is 4.23. The average molecular weight is 232 g/mol. The third-order valence-corrected chi connectivity index (χ3v) is 2.23. The molecule has 88 valence electrons. The molecule has 0 N–H and O–H groups in total. The Morgan fingerprint density at radius 3 is 1.82 bits per heavy atom. The van der Waals surface area contributed by atoms with Crippen LogP contribution in [0.4, 0.5) is 0 Å². The van der Waals surface area contributed by atoms with Gasteiger partial charge in [0.25, 0.3) is 19.3 Å². The molecule has 2 aromatic heterocycles. The number of aromatic nitrogens is 6. The minimum absolute atomic E-state index is 0.592. The van der Waals surface area contributed by atoms with Gasteiger partial charge in [-0.25, -0.2) is 9.13 Å². The molecule has 2 rings (SSSR count). The highest BCUT2D eigenvalue weighted by atomic mass is 15.5. The zero-order chi connectivity index (χ0) is 12.1. The van der Waals surface area contributed by atoms with E-state index in [0.717, 1.165) is 13.1 Å². The number of hydrogen-bond acceptors (Lipinski definition) is 2. The van der Waals surface area contributed by atoms with Gasteiger partial charge in [-0.3, -0.25) is 0 Å². The molecule has 0 aliphatic rings. The Kier molecular flexibility index (Phi) is 3.44. The van der Waals surface area contributed by atoms with Crippen molar-refractivity contribution in [2.75, 3.05) is 0 Å². The zero-order valence-corrected chi connectivity index (χ0v) is 9.68. The van der Waals surface area contributed by atoms with Crippen molar-refractivity contribution in [2.24, 2.45) is 0 Å². The lowest BCUT2D eigenvalue weighted by atomic mass is 10.6. The Bertz CT molecular complexity index is 463. The smallest absolute Gasteiger partial charge is 0.233 e. The largest absolute Gasteiger partial charge is 0.265 e. The maximum atomic E-state index is 4.23. The SMILES string of the molecule is C=CC[n+]1cnn(Cn2c[n+](CC=C)cn2)c1. The molecule has 0 aliphatic heterocycles. The second-order valence-electron chi connectivity index (χ2n) is 3.68. The number of hydrogen-bond donors (Lipinski definition) is 0. The van der Waals surface area contributed by atoms with Crippen LogP contribution in [0.2, 0.25) is 0 Å². The van der Waals surface area contributed by atoms with Crippen LogP contribution in [0.3, 0.4) is 0 Å². The Labute approximate surface area is 99.7 Å². The standard InChI is InChI=1S/C11H16N6/c1-3-5-14-7-12-16(9-14)11-17-10-15(6-4-2)8-13-17/h3-4,7-10H,1-2,5-6,11H2/q+2. The van der Waals surface area contributed by atoms with E-state index in [-0.39, 0.29) is 0 Å². The number of rotatable bonds is 6. The molecule has 0 unspecified atom stereocenters. The van der Waals surface area contributed by atoms with E-state index in [1.54, 1.807) is 12.7 Å². The van der Waals surface area contributed by atoms with E-state index in [2.05, 4.69) is 23.4 Å². The minimum Gasteiger partial charge on any atom is -0.233 e. The van der Waals surface area contributed by atoms with Crippen molar-refractivity contribution < 1.29 is 9.13 Å². The quantitative estimate of drug-likeness (QED) is 0.499. The van der Waals surface area contributed by atoms with Crippen LogP contribution < -0.4 is 9.13 Å². The molecule has 6 heteroatoms. The highest BCUT2D eigenvalue weighted by Crippen LogP contribution is 1.83. The van der Waals surface area contributed by atoms with E-state index in [9.17, 15) is 0 Å². The van der Waals surface area contributed by atoms with Crippen LogP contribution in [0.1, 0.15) is 0 Å². The van der Waals surface area contributed by atoms with Crippen molar-refractivity contribution >= 4 is 0 Å². The molecule has 0 aliphatic carbocycles. The predicted molar refractivity (Wildman–Crippen MR) is 60.6 cm³/mol. The second-order valence-corrected chi connectivity index (χ2v) is 3.68. The van der Waals surface area contributed by atoms with Crippen LogP contribution in [0.5, 0.6) is 0 Å². The first-order valence-electron chi connectivity index (χ1n) is 5.36. The zero-order valence-electron chi connectivity index (χ0n) is 9.68. The second kappa shape index (κ2) is 5.20. The topological polar surface area (TPSA) is 43.4 Å². The lowest BCUT2D eigenvalue weighted by molar-refractivity contribution is -0.688. The van der Waals surface area contributed by atoms with E-state index in [0.29, 0.717) is 6.67 Å². The summed E-state index contributed by atoms with van der Waals surface area (Å²) >= 11 is 0. The summed E-state index contributed by atoms with van der Waals surface area (Å²) in [5.41, 5.74) is 0. The van der Waals surface area contributed by atoms with Crippen LogP contribution in [0, 0.1) is 0 Å². The van der Waals surface area contributed by atoms with Gasteiger partial charge in [-0.2, -0.15) is 0 Å². The van der Waals surface area contributed by atoms with Gasteiger partial charge in [0.2, 0.25) is 12.7 Å². The van der Waals surface area contributed by atoms with Crippen LogP contribution in [-0.4, -0.2) is 19.6 Å². The molecule has 0 atom stereocenters. The molecule has 0 spiro atoms. The molecule has 2 heterocycles. The van der Waals surface area contributed by atoms with Gasteiger partial charge in [0, 0.05) is 10.2 Å². The van der Waals surface area contributed by atoms with Crippen LogP contribution >= 0.6 is 0 Å². The molecule has 0 fully saturated rings. The molecule has 2 aromatic rings. The maximum Gasteiger partial charge on any atom is 0.265 e. The summed E-state index contributed by atoms with van der Waals surface area (Å²) in [7, 11) is 0. The summed E-state index contributed by atoms with van der Waals surface area (Å²) in [6, 6.07) is 0. The Balaban J connectivity index is 2.02. The van der Waals surface area contributed by atoms with Crippen LogP contribution in [0.15, 0.2) is 50.6 Å². The van der Waals surface area contributed by atoms with Crippen LogP contribution in [0.25, 0.3) is 0 Å². The fourth-order valence-electron chi connectivity index (χ4n) is 1.51. The predicted octanol–water partition coefficient (Wildman–Crippen LogP) is -0.468. The average Bonchev–Trinajstić information content (AvgIpc) is 2.91. The lowest BCUT2D eigenvalue weighted by Crippen LogP contribution is -2.30. The van der Waals surface area contributed by atoms with Gasteiger partial charge < -0.3 is 0 Å². The van der Waals surface area contributed by atoms with Gasteiger partial charge in [-0.1, -0.05) is 34.7 Å². The molecule has 17 heavy (non-hydrogen) atoms. The van der Waals surface area contributed by atoms with Gasteiger partial charge in [0.15, 0.2) is 0 Å². The summed E-state index contributed by atoms with van der Waals surface area (Å²) in [6.45, 7) is 9.48. The Morgan fingerprint density at radius 1 is 0.941 bits per heavy atom. The summed E-state index contributed by atoms with van der Waals surface area (Å²) in [6.07, 6.45) is 11.0. The first-order valence-corrected chi connectivity index (χ1v) is 5.36. The first kappa shape index (κ1) is 11.3. The van der Waals surface area contributed by atoms with Crippen LogP contribution in [-0.2, 0) is 19.8 Å². The van der Waals surface area contributed by atoms with Crippen molar-refractivity contribution in [1.29, 1.82) is 0 Å². The van der Waals surface area contributed by atoms with Gasteiger partial charge in [-0.15, -0.1) is 0 Å². The van der Waals surface area contributed by atoms with Crippen molar-refractivity contribution in [3.8, 4) is 0 Å². The third kappa shape index (κ3) is 2.87. The Hall–Kier alpha value is -2.24. The van der Waals surface area contributed by atoms with Crippen molar-refractivity contribution in [2.45, 2.75) is 19.8 Å². The Morgan fingerprint density at radius 2 is 1.41 bits per heavy atom. The lowest BCUT2D eigenvalue weighted by Gasteiger charge is -1.88. The summed E-state index contributed by atoms with van der Waals surface area (Å²) < 4.78 is 7.53. The molecule has 0 saturated carbocycles. The first-order chi connectivity index (χ1) is 8.31. The molecular weight excluding hydrogens is 216 g/mol. The highest BCUT2D eigenvalue weighted by molar-refractivity contribution is 4.60. The molecule has 0 radical (unpaired) electrons. The molecular formula is C11H16N6+2. The highest BCUT2D eigenvalue weighted by Gasteiger charge is 2.10. The fraction of sp³-hybridized carbons (Fsp3) is 0.273. The number of nitrogens with zero attached hydrogens (tertiary/aromatic N) is 6. The molecule has 6 nitrogen and oxygen atoms in total. The number of allylic oxidation sites excluding steroid dienone is 2. The van der Waals surface area contributed by atoms with Gasteiger partial charge in [0.1, 0.15) is 0 Å². The molecule has 0 saturated heterocycles. The minimum atomic E-state index is 0.592. The molecule has 0 bridgehead atoms. The van der Waals surface area contributed by atoms with Gasteiger partial charge in [-0.05, 0) is 0 Å². The van der Waals surface area contributed by atoms with Crippen molar-refractivity contribution in [1.82, 2.24) is 19.6 Å². The molecule has 0 aromatic carbocycles. The monoisotopic (exact) mass is 232 g/mol. The third-order valence-electron chi connectivity index (χ3n) is 2.23. The fourth-order valence-corrected chi connectivity index (χ4v) is 1.51. The van der Waals surface area contributed by atoms with E-state index >= 15 is 0 Å².